The molecule has 7 nitrogen and oxygen atoms in total. The Labute approximate surface area is 157 Å². The topological polar surface area (TPSA) is 119 Å². The van der Waals surface area contributed by atoms with Gasteiger partial charge in [-0.15, -0.1) is 11.8 Å². The van der Waals surface area contributed by atoms with E-state index in [2.05, 4.69) is 20.6 Å². The van der Waals surface area contributed by atoms with E-state index in [4.69, 9.17) is 11.5 Å². The van der Waals surface area contributed by atoms with E-state index < -0.39 is 23.2 Å². The van der Waals surface area contributed by atoms with Crippen LogP contribution >= 0.6 is 11.8 Å². The molecule has 0 bridgehead atoms. The smallest absolute Gasteiger partial charge is 0.394 e. The predicted molar refractivity (Wildman–Crippen MR) is 98.3 cm³/mol. The van der Waals surface area contributed by atoms with Gasteiger partial charge in [-0.05, 0) is 37.3 Å². The first-order chi connectivity index (χ1) is 12.6. The highest BCUT2D eigenvalue weighted by atomic mass is 32.2. The van der Waals surface area contributed by atoms with Crippen LogP contribution in [0.2, 0.25) is 0 Å². The van der Waals surface area contributed by atoms with Crippen molar-refractivity contribution in [1.29, 1.82) is 0 Å². The van der Waals surface area contributed by atoms with Crippen LogP contribution in [-0.2, 0) is 11.0 Å². The molecule has 1 aromatic heterocycles. The summed E-state index contributed by atoms with van der Waals surface area (Å²) < 4.78 is 38.5. The van der Waals surface area contributed by atoms with Crippen molar-refractivity contribution in [3.8, 4) is 0 Å². The zero-order valence-corrected chi connectivity index (χ0v) is 15.0. The highest BCUT2D eigenvalue weighted by Gasteiger charge is 2.51. The van der Waals surface area contributed by atoms with Crippen molar-refractivity contribution in [3.05, 3.63) is 29.8 Å². The van der Waals surface area contributed by atoms with E-state index in [-0.39, 0.29) is 23.1 Å². The number of carbonyl (C=O) groups excluding carboxylic acids is 1. The van der Waals surface area contributed by atoms with Crippen molar-refractivity contribution in [2.75, 3.05) is 28.4 Å². The van der Waals surface area contributed by atoms with Gasteiger partial charge in [0.1, 0.15) is 16.3 Å². The molecule has 27 heavy (non-hydrogen) atoms. The summed E-state index contributed by atoms with van der Waals surface area (Å²) in [7, 11) is 0. The number of nitrogens with one attached hydrogen (secondary N) is 2. The molecule has 0 saturated heterocycles. The molecule has 1 aliphatic rings. The number of hydrogen-bond donors (Lipinski definition) is 4. The molecular formula is C16H17F3N6OS. The maximum Gasteiger partial charge on any atom is 0.416 e. The lowest BCUT2D eigenvalue weighted by Gasteiger charge is -2.20. The molecule has 0 atom stereocenters. The molecule has 2 aromatic rings. The Morgan fingerprint density at radius 1 is 1.26 bits per heavy atom. The van der Waals surface area contributed by atoms with Gasteiger partial charge in [-0.3, -0.25) is 4.79 Å². The van der Waals surface area contributed by atoms with E-state index in [1.54, 1.807) is 6.26 Å². The third-order valence-electron chi connectivity index (χ3n) is 4.11. The summed E-state index contributed by atoms with van der Waals surface area (Å²) in [6.45, 7) is 0. The Kier molecular flexibility index (Phi) is 4.81. The van der Waals surface area contributed by atoms with Crippen LogP contribution in [0.4, 0.5) is 36.3 Å². The van der Waals surface area contributed by atoms with E-state index in [1.807, 2.05) is 0 Å². The molecule has 0 aliphatic heterocycles. The number of halogens is 3. The fraction of sp³-hybridized carbons (Fsp3) is 0.312. The minimum Gasteiger partial charge on any atom is -0.394 e. The predicted octanol–water partition coefficient (Wildman–Crippen LogP) is 2.96. The Hall–Kier alpha value is -2.69. The molecule has 1 amide bonds. The van der Waals surface area contributed by atoms with Crippen LogP contribution in [0, 0.1) is 0 Å². The normalized spacial score (nSPS) is 15.3. The maximum atomic E-state index is 12.8. The van der Waals surface area contributed by atoms with Crippen LogP contribution in [0.3, 0.4) is 0 Å². The molecule has 1 aromatic carbocycles. The van der Waals surface area contributed by atoms with Crippen molar-refractivity contribution in [3.63, 3.8) is 0 Å². The van der Waals surface area contributed by atoms with Gasteiger partial charge in [-0.2, -0.15) is 18.2 Å². The van der Waals surface area contributed by atoms with E-state index in [0.29, 0.717) is 17.9 Å². The quantitative estimate of drug-likeness (QED) is 0.452. The first kappa shape index (κ1) is 19.1. The van der Waals surface area contributed by atoms with E-state index in [0.717, 1.165) is 12.1 Å². The molecule has 144 valence electrons. The van der Waals surface area contributed by atoms with Gasteiger partial charge in [0.25, 0.3) is 0 Å². The third-order valence-corrected chi connectivity index (χ3v) is 4.81. The highest BCUT2D eigenvalue weighted by molar-refractivity contribution is 7.98. The van der Waals surface area contributed by atoms with Crippen LogP contribution in [0.1, 0.15) is 18.4 Å². The van der Waals surface area contributed by atoms with Crippen LogP contribution in [0.15, 0.2) is 29.3 Å². The average molecular weight is 398 g/mol. The van der Waals surface area contributed by atoms with Crippen molar-refractivity contribution >= 4 is 40.8 Å². The maximum absolute atomic E-state index is 12.8. The number of aromatic nitrogens is 2. The molecule has 1 saturated carbocycles. The van der Waals surface area contributed by atoms with Gasteiger partial charge < -0.3 is 22.1 Å². The second-order valence-electron chi connectivity index (χ2n) is 6.09. The monoisotopic (exact) mass is 398 g/mol. The van der Waals surface area contributed by atoms with Crippen molar-refractivity contribution in [1.82, 2.24) is 9.97 Å². The lowest BCUT2D eigenvalue weighted by molar-refractivity contribution is -0.137. The van der Waals surface area contributed by atoms with Gasteiger partial charge in [0, 0.05) is 5.69 Å². The number of nitrogens with zero attached hydrogens (tertiary/aromatic N) is 2. The van der Waals surface area contributed by atoms with E-state index in [9.17, 15) is 18.0 Å². The van der Waals surface area contributed by atoms with Crippen LogP contribution in [-0.4, -0.2) is 27.7 Å². The number of carbonyl (C=O) groups is 1. The van der Waals surface area contributed by atoms with E-state index >= 15 is 0 Å². The standard InChI is InChI=1S/C16H17F3N6OS/c1-27-12-10(20)11(23-14(21)24-12)25-15(5-6-15)13(26)22-9-4-2-3-8(7-9)16(17,18)19/h2-4,7H,5-6,20H2,1H3,(H,22,26)(H3,21,23,24,25). The number of hydrogen-bond acceptors (Lipinski definition) is 7. The number of nitrogen functional groups attached to an aromatic ring is 2. The van der Waals surface area contributed by atoms with Crippen molar-refractivity contribution in [2.45, 2.75) is 29.6 Å². The third kappa shape index (κ3) is 4.02. The Morgan fingerprint density at radius 3 is 2.56 bits per heavy atom. The number of nitrogens with two attached hydrogens (primary N) is 2. The summed E-state index contributed by atoms with van der Waals surface area (Å²) in [5.41, 5.74) is 10.1. The molecular weight excluding hydrogens is 381 g/mol. The number of thioether (sulfide) groups is 1. The van der Waals surface area contributed by atoms with E-state index in [1.165, 1.54) is 23.9 Å². The number of anilines is 4. The summed E-state index contributed by atoms with van der Waals surface area (Å²) in [5, 5.41) is 5.96. The molecule has 0 unspecified atom stereocenters. The van der Waals surface area contributed by atoms with Gasteiger partial charge in [0.15, 0.2) is 5.82 Å². The Morgan fingerprint density at radius 2 is 1.96 bits per heavy atom. The Balaban J connectivity index is 1.79. The molecule has 0 spiro atoms. The average Bonchev–Trinajstić information content (AvgIpc) is 3.38. The fourth-order valence-corrected chi connectivity index (χ4v) is 3.00. The van der Waals surface area contributed by atoms with Gasteiger partial charge in [0.05, 0.1) is 5.56 Å². The van der Waals surface area contributed by atoms with Crippen molar-refractivity contribution < 1.29 is 18.0 Å². The highest BCUT2D eigenvalue weighted by Crippen LogP contribution is 2.42. The van der Waals surface area contributed by atoms with Crippen LogP contribution in [0.5, 0.6) is 0 Å². The molecule has 1 aliphatic carbocycles. The van der Waals surface area contributed by atoms with Crippen LogP contribution < -0.4 is 22.1 Å². The summed E-state index contributed by atoms with van der Waals surface area (Å²) in [5.74, 6) is -0.238. The first-order valence-electron chi connectivity index (χ1n) is 7.88. The summed E-state index contributed by atoms with van der Waals surface area (Å²) >= 11 is 1.28. The molecule has 1 heterocycles. The van der Waals surface area contributed by atoms with Gasteiger partial charge in [-0.25, -0.2) is 4.98 Å². The summed E-state index contributed by atoms with van der Waals surface area (Å²) in [6.07, 6.45) is -1.75. The van der Waals surface area contributed by atoms with Gasteiger partial charge in [-0.1, -0.05) is 6.07 Å². The number of alkyl halides is 3. The molecule has 6 N–H and O–H groups in total. The molecule has 3 rings (SSSR count). The van der Waals surface area contributed by atoms with Gasteiger partial charge >= 0.3 is 6.18 Å². The van der Waals surface area contributed by atoms with Crippen LogP contribution in [0.25, 0.3) is 0 Å². The minimum atomic E-state index is -4.49. The molecule has 11 heteroatoms. The number of amides is 1. The lowest BCUT2D eigenvalue weighted by Crippen LogP contribution is -2.37. The largest absolute Gasteiger partial charge is 0.416 e. The zero-order chi connectivity index (χ0) is 19.8. The number of benzene rings is 1. The Bertz CT molecular complexity index is 885. The minimum absolute atomic E-state index is 0.00476. The second kappa shape index (κ2) is 6.80. The summed E-state index contributed by atoms with van der Waals surface area (Å²) in [4.78, 5) is 20.7. The molecule has 1 fully saturated rings. The summed E-state index contributed by atoms with van der Waals surface area (Å²) in [6, 6.07) is 4.46. The molecule has 0 radical (unpaired) electrons. The zero-order valence-electron chi connectivity index (χ0n) is 14.2. The second-order valence-corrected chi connectivity index (χ2v) is 6.89. The van der Waals surface area contributed by atoms with Crippen molar-refractivity contribution in [2.24, 2.45) is 0 Å². The first-order valence-corrected chi connectivity index (χ1v) is 9.11. The lowest BCUT2D eigenvalue weighted by atomic mass is 10.1. The van der Waals surface area contributed by atoms with Gasteiger partial charge in [0.2, 0.25) is 11.9 Å². The fourth-order valence-electron chi connectivity index (χ4n) is 2.50. The number of rotatable bonds is 5. The SMILES string of the molecule is CSc1nc(N)nc(NC2(C(=O)Nc3cccc(C(F)(F)F)c3)CC2)c1N.